The smallest absolute Gasteiger partial charge is 0.310 e. The van der Waals surface area contributed by atoms with Crippen LogP contribution in [0.15, 0.2) is 11.6 Å². The van der Waals surface area contributed by atoms with E-state index in [9.17, 15) is 9.59 Å². The highest BCUT2D eigenvalue weighted by atomic mass is 32.2. The molecule has 1 saturated heterocycles. The number of carbonyl (C=O) groups is 2. The molecule has 3 atom stereocenters. The lowest BCUT2D eigenvalue weighted by Gasteiger charge is -2.01. The summed E-state index contributed by atoms with van der Waals surface area (Å²) in [6.07, 6.45) is 2.68. The van der Waals surface area contributed by atoms with Crippen molar-refractivity contribution in [1.29, 1.82) is 0 Å². The molecule has 1 N–H and O–H groups in total. The molecular weight excluding hydrogens is 212 g/mol. The van der Waals surface area contributed by atoms with E-state index in [-0.39, 0.29) is 17.0 Å². The number of hydrogen-bond donors (Lipinski definition) is 1. The molecule has 2 rings (SSSR count). The Balaban J connectivity index is 2.16. The first-order chi connectivity index (χ1) is 6.98. The summed E-state index contributed by atoms with van der Waals surface area (Å²) < 4.78 is 0. The second-order valence-electron chi connectivity index (χ2n) is 4.48. The summed E-state index contributed by atoms with van der Waals surface area (Å²) in [4.78, 5) is 22.4. The van der Waals surface area contributed by atoms with E-state index >= 15 is 0 Å². The van der Waals surface area contributed by atoms with Crippen LogP contribution in [0.3, 0.4) is 0 Å². The molecule has 4 heteroatoms. The van der Waals surface area contributed by atoms with Gasteiger partial charge in [0.25, 0.3) is 0 Å². The Morgan fingerprint density at radius 3 is 2.73 bits per heavy atom. The van der Waals surface area contributed by atoms with Gasteiger partial charge in [0.1, 0.15) is 0 Å². The van der Waals surface area contributed by atoms with E-state index in [0.29, 0.717) is 0 Å². The van der Waals surface area contributed by atoms with Gasteiger partial charge >= 0.3 is 5.97 Å². The van der Waals surface area contributed by atoms with E-state index in [0.717, 1.165) is 17.7 Å². The Kier molecular flexibility index (Phi) is 2.41. The highest BCUT2D eigenvalue weighted by molar-refractivity contribution is 8.14. The van der Waals surface area contributed by atoms with Crippen LogP contribution in [0.5, 0.6) is 0 Å². The Morgan fingerprint density at radius 1 is 1.67 bits per heavy atom. The monoisotopic (exact) mass is 226 g/mol. The number of aliphatic carboxylic acids is 1. The number of carboxylic acid groups (broad SMARTS) is 1. The van der Waals surface area contributed by atoms with Crippen LogP contribution in [-0.2, 0) is 9.59 Å². The van der Waals surface area contributed by atoms with Gasteiger partial charge in [-0.25, -0.2) is 0 Å². The predicted octanol–water partition coefficient (Wildman–Crippen LogP) is 1.93. The summed E-state index contributed by atoms with van der Waals surface area (Å²) in [5.74, 6) is 0.263. The van der Waals surface area contributed by atoms with Gasteiger partial charge in [0.2, 0.25) is 5.12 Å². The van der Waals surface area contributed by atoms with E-state index in [1.165, 1.54) is 11.8 Å². The molecule has 2 fully saturated rings. The molecule has 3 nitrogen and oxygen atoms in total. The third kappa shape index (κ3) is 1.51. The zero-order chi connectivity index (χ0) is 11.2. The Hall–Kier alpha value is -0.770. The van der Waals surface area contributed by atoms with E-state index in [4.69, 9.17) is 5.11 Å². The van der Waals surface area contributed by atoms with Gasteiger partial charge in [-0.15, -0.1) is 0 Å². The average molecular weight is 226 g/mol. The van der Waals surface area contributed by atoms with Gasteiger partial charge < -0.3 is 5.11 Å². The quantitative estimate of drug-likeness (QED) is 0.731. The van der Waals surface area contributed by atoms with Gasteiger partial charge in [-0.2, -0.15) is 0 Å². The van der Waals surface area contributed by atoms with Crippen molar-refractivity contribution >= 4 is 22.8 Å². The molecule has 0 bridgehead atoms. The molecule has 0 spiro atoms. The molecule has 0 radical (unpaired) electrons. The molecule has 15 heavy (non-hydrogen) atoms. The van der Waals surface area contributed by atoms with Crippen molar-refractivity contribution in [3.05, 3.63) is 11.6 Å². The fraction of sp³-hybridized carbons (Fsp3) is 0.636. The SMILES string of the molecule is CC1C(C=C2CCSC2=O)C1(C)C(=O)O. The molecule has 1 aliphatic heterocycles. The first-order valence-electron chi connectivity index (χ1n) is 5.09. The highest BCUT2D eigenvalue weighted by Crippen LogP contribution is 2.59. The molecule has 82 valence electrons. The maximum atomic E-state index is 11.4. The number of allylic oxidation sites excluding steroid dienone is 1. The molecule has 1 aliphatic carbocycles. The molecule has 3 unspecified atom stereocenters. The van der Waals surface area contributed by atoms with E-state index in [2.05, 4.69) is 0 Å². The van der Waals surface area contributed by atoms with Crippen molar-refractivity contribution in [1.82, 2.24) is 0 Å². The first kappa shape index (κ1) is 10.7. The van der Waals surface area contributed by atoms with Gasteiger partial charge in [0.15, 0.2) is 0 Å². The van der Waals surface area contributed by atoms with Crippen molar-refractivity contribution in [2.24, 2.45) is 17.3 Å². The van der Waals surface area contributed by atoms with E-state index in [1.54, 1.807) is 6.92 Å². The fourth-order valence-corrected chi connectivity index (χ4v) is 3.10. The Morgan fingerprint density at radius 2 is 2.33 bits per heavy atom. The zero-order valence-electron chi connectivity index (χ0n) is 8.82. The molecule has 0 amide bonds. The number of carboxylic acids is 1. The van der Waals surface area contributed by atoms with Crippen molar-refractivity contribution in [2.75, 3.05) is 5.75 Å². The predicted molar refractivity (Wildman–Crippen MR) is 58.6 cm³/mol. The largest absolute Gasteiger partial charge is 0.481 e. The summed E-state index contributed by atoms with van der Waals surface area (Å²) in [7, 11) is 0. The molecule has 0 aromatic carbocycles. The van der Waals surface area contributed by atoms with Crippen molar-refractivity contribution in [3.8, 4) is 0 Å². The third-order valence-electron chi connectivity index (χ3n) is 3.78. The van der Waals surface area contributed by atoms with Gasteiger partial charge in [0.05, 0.1) is 5.41 Å². The van der Waals surface area contributed by atoms with Crippen LogP contribution in [0.25, 0.3) is 0 Å². The van der Waals surface area contributed by atoms with Gasteiger partial charge in [0, 0.05) is 11.3 Å². The summed E-state index contributed by atoms with van der Waals surface area (Å²) in [5.41, 5.74) is 0.169. The van der Waals surface area contributed by atoms with Crippen LogP contribution < -0.4 is 0 Å². The topological polar surface area (TPSA) is 54.4 Å². The number of thioether (sulfide) groups is 1. The normalized spacial score (nSPS) is 42.3. The van der Waals surface area contributed by atoms with Crippen LogP contribution in [0.4, 0.5) is 0 Å². The molecule has 0 aromatic rings. The Bertz CT molecular complexity index is 361. The third-order valence-corrected chi connectivity index (χ3v) is 4.71. The van der Waals surface area contributed by atoms with Gasteiger partial charge in [-0.1, -0.05) is 24.8 Å². The molecule has 2 aliphatic rings. The minimum atomic E-state index is -0.755. The molecule has 1 saturated carbocycles. The van der Waals surface area contributed by atoms with Gasteiger partial charge in [-0.3, -0.25) is 9.59 Å². The number of rotatable bonds is 2. The van der Waals surface area contributed by atoms with Gasteiger partial charge in [-0.05, 0) is 25.2 Å². The summed E-state index contributed by atoms with van der Waals surface area (Å²) >= 11 is 1.33. The Labute approximate surface area is 92.9 Å². The maximum absolute atomic E-state index is 11.4. The van der Waals surface area contributed by atoms with Crippen LogP contribution in [0.2, 0.25) is 0 Å². The lowest BCUT2D eigenvalue weighted by atomic mass is 10.0. The number of hydrogen-bond acceptors (Lipinski definition) is 3. The minimum Gasteiger partial charge on any atom is -0.481 e. The van der Waals surface area contributed by atoms with E-state index < -0.39 is 11.4 Å². The van der Waals surface area contributed by atoms with Crippen LogP contribution in [-0.4, -0.2) is 21.9 Å². The lowest BCUT2D eigenvalue weighted by Crippen LogP contribution is -2.14. The number of carbonyl (C=O) groups excluding carboxylic acids is 1. The molecular formula is C11H14O3S. The first-order valence-corrected chi connectivity index (χ1v) is 6.07. The lowest BCUT2D eigenvalue weighted by molar-refractivity contribution is -0.143. The standard InChI is InChI=1S/C11H14O3S/c1-6-8(11(6,2)10(13)14)5-7-3-4-15-9(7)12/h5-6,8H,3-4H2,1-2H3,(H,13,14). The van der Waals surface area contributed by atoms with Crippen molar-refractivity contribution in [2.45, 2.75) is 20.3 Å². The second kappa shape index (κ2) is 3.37. The fourth-order valence-electron chi connectivity index (χ4n) is 2.24. The minimum absolute atomic E-state index is 0.0349. The highest BCUT2D eigenvalue weighted by Gasteiger charge is 2.63. The molecule has 1 heterocycles. The summed E-state index contributed by atoms with van der Waals surface area (Å²) in [6.45, 7) is 3.69. The second-order valence-corrected chi connectivity index (χ2v) is 5.55. The van der Waals surface area contributed by atoms with Crippen LogP contribution in [0, 0.1) is 17.3 Å². The average Bonchev–Trinajstić information content (AvgIpc) is 2.56. The zero-order valence-corrected chi connectivity index (χ0v) is 9.63. The van der Waals surface area contributed by atoms with Crippen LogP contribution in [0.1, 0.15) is 20.3 Å². The maximum Gasteiger partial charge on any atom is 0.310 e. The van der Waals surface area contributed by atoms with Crippen LogP contribution >= 0.6 is 11.8 Å². The summed E-state index contributed by atoms with van der Waals surface area (Å²) in [5, 5.41) is 9.20. The van der Waals surface area contributed by atoms with Crippen molar-refractivity contribution < 1.29 is 14.7 Å². The summed E-state index contributed by atoms with van der Waals surface area (Å²) in [6, 6.07) is 0. The van der Waals surface area contributed by atoms with Crippen molar-refractivity contribution in [3.63, 3.8) is 0 Å². The molecule has 0 aromatic heterocycles. The van der Waals surface area contributed by atoms with E-state index in [1.807, 2.05) is 13.0 Å².